The van der Waals surface area contributed by atoms with E-state index >= 15 is 4.39 Å². The summed E-state index contributed by atoms with van der Waals surface area (Å²) in [5.41, 5.74) is 4.13. The molecule has 4 rings (SSSR count). The van der Waals surface area contributed by atoms with E-state index in [-0.39, 0.29) is 17.3 Å². The Morgan fingerprint density at radius 3 is 2.67 bits per heavy atom. The number of aromatic nitrogens is 4. The number of anilines is 2. The molecule has 5 N–H and O–H groups in total. The van der Waals surface area contributed by atoms with E-state index in [1.807, 2.05) is 0 Å². The number of esters is 1. The van der Waals surface area contributed by atoms with Crippen LogP contribution in [0, 0.1) is 0 Å². The van der Waals surface area contributed by atoms with Crippen molar-refractivity contribution in [1.29, 1.82) is 0 Å². The number of benzene rings is 1. The molecular weight excluding hydrogens is 584 g/mol. The molecule has 16 heteroatoms. The maximum absolute atomic E-state index is 16.1. The minimum absolute atomic E-state index is 0.0533. The van der Waals surface area contributed by atoms with Gasteiger partial charge in [-0.3, -0.25) is 13.9 Å². The first-order valence-electron chi connectivity index (χ1n) is 14.1. The second-order valence-electron chi connectivity index (χ2n) is 10.7. The lowest BCUT2D eigenvalue weighted by Crippen LogP contribution is -2.41. The van der Waals surface area contributed by atoms with Gasteiger partial charge in [0, 0.05) is 6.54 Å². The number of unbranched alkanes of at least 4 members (excludes halogenated alkanes) is 1. The number of imidazole rings is 1. The highest BCUT2D eigenvalue weighted by Gasteiger charge is 2.56. The SMILES string of the molecule is CCCCNc1nc(N)nc2c1ncn2[C@@H]1O[C@H](CO[P@@](=O)(N[C@@H](C)C(=O)OC(C)C)Oc2ccccc2)[C@@H](O)[C@@]1(C)F. The number of hydrogen-bond acceptors (Lipinski definition) is 12. The fraction of sp³-hybridized carbons (Fsp3) is 0.556. The Kier molecular flexibility index (Phi) is 10.2. The van der Waals surface area contributed by atoms with E-state index in [9.17, 15) is 14.5 Å². The summed E-state index contributed by atoms with van der Waals surface area (Å²) in [5.74, 6) is -0.151. The third-order valence-corrected chi connectivity index (χ3v) is 8.31. The van der Waals surface area contributed by atoms with Gasteiger partial charge in [-0.25, -0.2) is 13.9 Å². The second kappa shape index (κ2) is 13.5. The predicted octanol–water partition coefficient (Wildman–Crippen LogP) is 3.74. The second-order valence-corrected chi connectivity index (χ2v) is 12.4. The summed E-state index contributed by atoms with van der Waals surface area (Å²) >= 11 is 0. The van der Waals surface area contributed by atoms with Crippen molar-refractivity contribution in [3.05, 3.63) is 36.7 Å². The number of nitrogens with one attached hydrogen (secondary N) is 2. The number of halogens is 1. The van der Waals surface area contributed by atoms with Crippen LogP contribution in [0.2, 0.25) is 0 Å². The van der Waals surface area contributed by atoms with Crippen LogP contribution < -0.4 is 20.7 Å². The molecule has 0 unspecified atom stereocenters. The Bertz CT molecular complexity index is 1440. The van der Waals surface area contributed by atoms with Crippen LogP contribution in [0.5, 0.6) is 5.75 Å². The minimum Gasteiger partial charge on any atom is -0.462 e. The number of alkyl halides is 1. The Balaban J connectivity index is 1.55. The van der Waals surface area contributed by atoms with Crippen molar-refractivity contribution in [3.63, 3.8) is 0 Å². The molecule has 0 amide bonds. The molecule has 1 aromatic carbocycles. The Morgan fingerprint density at radius 2 is 2.00 bits per heavy atom. The van der Waals surface area contributed by atoms with E-state index in [1.54, 1.807) is 44.2 Å². The summed E-state index contributed by atoms with van der Waals surface area (Å²) in [6.07, 6.45) is -1.65. The number of carbonyl (C=O) groups excluding carboxylic acids is 1. The highest BCUT2D eigenvalue weighted by molar-refractivity contribution is 7.52. The molecule has 3 aromatic rings. The molecule has 3 heterocycles. The van der Waals surface area contributed by atoms with Crippen LogP contribution in [0.1, 0.15) is 53.7 Å². The molecule has 2 aromatic heterocycles. The van der Waals surface area contributed by atoms with Crippen molar-refractivity contribution in [2.75, 3.05) is 24.2 Å². The normalized spacial score (nSPS) is 24.1. The van der Waals surface area contributed by atoms with Gasteiger partial charge in [0.25, 0.3) is 0 Å². The van der Waals surface area contributed by atoms with Gasteiger partial charge >= 0.3 is 13.7 Å². The Morgan fingerprint density at radius 1 is 1.28 bits per heavy atom. The molecule has 0 spiro atoms. The Hall–Kier alpha value is -3.36. The first-order valence-corrected chi connectivity index (χ1v) is 15.6. The van der Waals surface area contributed by atoms with Crippen molar-refractivity contribution >= 4 is 36.6 Å². The van der Waals surface area contributed by atoms with Crippen molar-refractivity contribution in [2.24, 2.45) is 0 Å². The van der Waals surface area contributed by atoms with Crippen LogP contribution in [-0.2, 0) is 23.4 Å². The third-order valence-electron chi connectivity index (χ3n) is 6.67. The first-order chi connectivity index (χ1) is 20.3. The third kappa shape index (κ3) is 7.60. The number of rotatable bonds is 14. The van der Waals surface area contributed by atoms with Crippen LogP contribution >= 0.6 is 7.75 Å². The largest absolute Gasteiger partial charge is 0.462 e. The van der Waals surface area contributed by atoms with Gasteiger partial charge in [0.05, 0.1) is 19.0 Å². The highest BCUT2D eigenvalue weighted by Crippen LogP contribution is 2.48. The predicted molar refractivity (Wildman–Crippen MR) is 157 cm³/mol. The van der Waals surface area contributed by atoms with Crippen molar-refractivity contribution < 1.29 is 37.4 Å². The van der Waals surface area contributed by atoms with Gasteiger partial charge in [0.2, 0.25) is 5.95 Å². The number of nitrogens with zero attached hydrogens (tertiary/aromatic N) is 4. The lowest BCUT2D eigenvalue weighted by Gasteiger charge is -2.25. The molecule has 0 aliphatic carbocycles. The fourth-order valence-electron chi connectivity index (χ4n) is 4.47. The quantitative estimate of drug-likeness (QED) is 0.116. The summed E-state index contributed by atoms with van der Waals surface area (Å²) in [6.45, 7) is 8.08. The monoisotopic (exact) mass is 623 g/mol. The van der Waals surface area contributed by atoms with Gasteiger partial charge in [-0.15, -0.1) is 0 Å². The van der Waals surface area contributed by atoms with Crippen molar-refractivity contribution in [2.45, 2.75) is 83.7 Å². The van der Waals surface area contributed by atoms with Gasteiger partial charge in [0.15, 0.2) is 28.9 Å². The number of nitrogens with two attached hydrogens (primary N) is 1. The number of hydrogen-bond donors (Lipinski definition) is 4. The number of nitrogen functional groups attached to an aromatic ring is 1. The fourth-order valence-corrected chi connectivity index (χ4v) is 5.97. The van der Waals surface area contributed by atoms with E-state index in [4.69, 9.17) is 24.3 Å². The van der Waals surface area contributed by atoms with E-state index in [2.05, 4.69) is 32.3 Å². The zero-order valence-electron chi connectivity index (χ0n) is 24.8. The molecule has 1 fully saturated rings. The molecule has 43 heavy (non-hydrogen) atoms. The summed E-state index contributed by atoms with van der Waals surface area (Å²) in [5, 5.41) is 16.7. The van der Waals surface area contributed by atoms with E-state index in [0.717, 1.165) is 12.8 Å². The molecule has 1 aliphatic heterocycles. The van der Waals surface area contributed by atoms with Gasteiger partial charge < -0.3 is 30.2 Å². The van der Waals surface area contributed by atoms with E-state index in [1.165, 1.54) is 24.7 Å². The van der Waals surface area contributed by atoms with E-state index in [0.29, 0.717) is 17.9 Å². The summed E-state index contributed by atoms with van der Waals surface area (Å²) < 4.78 is 53.6. The van der Waals surface area contributed by atoms with Gasteiger partial charge in [0.1, 0.15) is 24.0 Å². The number of aliphatic hydroxyl groups excluding tert-OH is 1. The van der Waals surface area contributed by atoms with Crippen LogP contribution in [0.15, 0.2) is 36.7 Å². The standard InChI is InChI=1S/C27H39FN7O7P/c1-6-7-13-30-22-20-23(33-26(29)32-22)35(15-31-20)25-27(5,28)21(36)19(41-25)14-39-43(38,42-18-11-9-8-10-12-18)34-17(4)24(37)40-16(2)3/h8-12,15-17,19,21,25,36H,6-7,13-14H2,1-5H3,(H,34,38)(H3,29,30,32,33)/t17-,19+,21+,25+,27+,43-/m0/s1. The molecule has 6 atom stereocenters. The first kappa shape index (κ1) is 32.6. The smallest absolute Gasteiger partial charge is 0.459 e. The molecule has 0 radical (unpaired) electrons. The van der Waals surface area contributed by atoms with Gasteiger partial charge in [-0.2, -0.15) is 15.1 Å². The maximum atomic E-state index is 16.1. The minimum atomic E-state index is -4.29. The molecule has 1 aliphatic rings. The lowest BCUT2D eigenvalue weighted by molar-refractivity contribution is -0.149. The number of para-hydroxylation sites is 1. The summed E-state index contributed by atoms with van der Waals surface area (Å²) in [6, 6.07) is 7.07. The average molecular weight is 624 g/mol. The van der Waals surface area contributed by atoms with Gasteiger partial charge in [-0.1, -0.05) is 31.5 Å². The zero-order chi connectivity index (χ0) is 31.4. The highest BCUT2D eigenvalue weighted by atomic mass is 31.2. The van der Waals surface area contributed by atoms with Crippen LogP contribution in [0.25, 0.3) is 11.2 Å². The topological polar surface area (TPSA) is 185 Å². The van der Waals surface area contributed by atoms with Crippen LogP contribution in [-0.4, -0.2) is 73.8 Å². The van der Waals surface area contributed by atoms with Crippen molar-refractivity contribution in [1.82, 2.24) is 24.6 Å². The molecule has 236 valence electrons. The molecule has 1 saturated heterocycles. The molecule has 14 nitrogen and oxygen atoms in total. The maximum Gasteiger partial charge on any atom is 0.459 e. The van der Waals surface area contributed by atoms with Crippen LogP contribution in [0.3, 0.4) is 0 Å². The zero-order valence-corrected chi connectivity index (χ0v) is 25.7. The lowest BCUT2D eigenvalue weighted by atomic mass is 9.98. The van der Waals surface area contributed by atoms with E-state index < -0.39 is 56.6 Å². The number of ether oxygens (including phenoxy) is 2. The number of carbonyl (C=O) groups is 1. The molecule has 0 saturated carbocycles. The van der Waals surface area contributed by atoms with Gasteiger partial charge in [-0.05, 0) is 46.2 Å². The summed E-state index contributed by atoms with van der Waals surface area (Å²) in [7, 11) is -4.29. The molecular formula is C27H39FN7O7P. The van der Waals surface area contributed by atoms with Crippen LogP contribution in [0.4, 0.5) is 16.2 Å². The summed E-state index contributed by atoms with van der Waals surface area (Å²) in [4.78, 5) is 25.2. The number of fused-ring (bicyclic) bond motifs is 1. The average Bonchev–Trinajstić information content (AvgIpc) is 3.45. The number of aliphatic hydroxyl groups is 1. The van der Waals surface area contributed by atoms with Crippen molar-refractivity contribution in [3.8, 4) is 5.75 Å². The molecule has 0 bridgehead atoms. The Labute approximate surface area is 249 Å².